The number of carbonyl (C=O) groups is 1. The first-order valence-corrected chi connectivity index (χ1v) is 7.23. The maximum atomic E-state index is 13.3. The summed E-state index contributed by atoms with van der Waals surface area (Å²) in [5.74, 6) is -0.720. The maximum absolute atomic E-state index is 13.3. The quantitative estimate of drug-likeness (QED) is 0.731. The lowest BCUT2D eigenvalue weighted by molar-refractivity contribution is 0.102. The Morgan fingerprint density at radius 2 is 2.00 bits per heavy atom. The molecule has 2 aromatic rings. The molecular formula is C13H11Br2FN2O. The summed E-state index contributed by atoms with van der Waals surface area (Å²) in [5, 5.41) is 4.15. The third-order valence-electron chi connectivity index (χ3n) is 2.63. The Bertz CT molecular complexity index is 638. The van der Waals surface area contributed by atoms with Crippen LogP contribution < -0.4 is 0 Å². The molecule has 0 aliphatic heterocycles. The maximum Gasteiger partial charge on any atom is 0.213 e. The van der Waals surface area contributed by atoms with E-state index in [1.54, 1.807) is 10.9 Å². The second-order valence-corrected chi connectivity index (χ2v) is 6.04. The molecule has 0 unspecified atom stereocenters. The molecule has 6 heteroatoms. The van der Waals surface area contributed by atoms with Crippen LogP contribution in [0.15, 0.2) is 33.3 Å². The predicted octanol–water partition coefficient (Wildman–Crippen LogP) is 4.36. The molecule has 0 aliphatic rings. The Labute approximate surface area is 127 Å². The van der Waals surface area contributed by atoms with Gasteiger partial charge in [-0.05, 0) is 48.0 Å². The van der Waals surface area contributed by atoms with E-state index in [0.29, 0.717) is 14.6 Å². The third kappa shape index (κ3) is 2.79. The molecule has 2 rings (SSSR count). The molecule has 3 nitrogen and oxygen atoms in total. The van der Waals surface area contributed by atoms with Crippen molar-refractivity contribution in [3.63, 3.8) is 0 Å². The lowest BCUT2D eigenvalue weighted by Crippen LogP contribution is -2.14. The third-order valence-corrected chi connectivity index (χ3v) is 3.90. The van der Waals surface area contributed by atoms with Gasteiger partial charge in [-0.1, -0.05) is 15.9 Å². The van der Waals surface area contributed by atoms with E-state index in [0.717, 1.165) is 0 Å². The fourth-order valence-corrected chi connectivity index (χ4v) is 2.62. The zero-order valence-corrected chi connectivity index (χ0v) is 13.5. The molecule has 1 aromatic carbocycles. The van der Waals surface area contributed by atoms with E-state index in [1.165, 1.54) is 18.2 Å². The highest BCUT2D eigenvalue weighted by Gasteiger charge is 2.22. The number of rotatable bonds is 3. The highest BCUT2D eigenvalue weighted by Crippen LogP contribution is 2.26. The highest BCUT2D eigenvalue weighted by atomic mass is 79.9. The number of halogens is 3. The molecule has 0 N–H and O–H groups in total. The first kappa shape index (κ1) is 14.4. The van der Waals surface area contributed by atoms with E-state index >= 15 is 0 Å². The van der Waals surface area contributed by atoms with Crippen LogP contribution in [0.3, 0.4) is 0 Å². The Hall–Kier alpha value is -1.01. The van der Waals surface area contributed by atoms with Gasteiger partial charge in [0.25, 0.3) is 0 Å². The molecule has 1 aromatic heterocycles. The van der Waals surface area contributed by atoms with Crippen LogP contribution >= 0.6 is 31.9 Å². The number of ketones is 1. The number of hydrogen-bond acceptors (Lipinski definition) is 2. The Balaban J connectivity index is 2.56. The zero-order chi connectivity index (χ0) is 14.2. The fourth-order valence-electron chi connectivity index (χ4n) is 1.74. The van der Waals surface area contributed by atoms with Gasteiger partial charge in [0.2, 0.25) is 5.78 Å². The van der Waals surface area contributed by atoms with E-state index in [9.17, 15) is 9.18 Å². The van der Waals surface area contributed by atoms with E-state index < -0.39 is 5.82 Å². The van der Waals surface area contributed by atoms with Crippen LogP contribution in [0.1, 0.15) is 35.9 Å². The standard InChI is InChI=1S/C13H11Br2FN2O/c1-7(2)18-12(11(15)6-17-18)13(19)9-5-8(16)3-4-10(9)14/h3-7H,1-2H3. The van der Waals surface area contributed by atoms with Crippen molar-refractivity contribution in [2.45, 2.75) is 19.9 Å². The molecule has 0 amide bonds. The minimum atomic E-state index is -0.446. The van der Waals surface area contributed by atoms with Gasteiger partial charge in [-0.2, -0.15) is 5.10 Å². The molecule has 0 aliphatic carbocycles. The average Bonchev–Trinajstić information content (AvgIpc) is 2.73. The summed E-state index contributed by atoms with van der Waals surface area (Å²) in [4.78, 5) is 12.5. The molecule has 0 saturated carbocycles. The number of hydrogen-bond donors (Lipinski definition) is 0. The molecule has 1 heterocycles. The van der Waals surface area contributed by atoms with Crippen molar-refractivity contribution in [1.82, 2.24) is 9.78 Å². The van der Waals surface area contributed by atoms with Crippen molar-refractivity contribution in [2.75, 3.05) is 0 Å². The van der Waals surface area contributed by atoms with Gasteiger partial charge in [0.1, 0.15) is 11.5 Å². The largest absolute Gasteiger partial charge is 0.287 e. The molecule has 0 atom stereocenters. The molecule has 0 fully saturated rings. The van der Waals surface area contributed by atoms with Crippen molar-refractivity contribution in [2.24, 2.45) is 0 Å². The molecule has 19 heavy (non-hydrogen) atoms. The van der Waals surface area contributed by atoms with E-state index in [2.05, 4.69) is 37.0 Å². The summed E-state index contributed by atoms with van der Waals surface area (Å²) in [6, 6.07) is 4.08. The van der Waals surface area contributed by atoms with Crippen LogP contribution in [0.2, 0.25) is 0 Å². The molecule has 0 radical (unpaired) electrons. The molecule has 0 saturated heterocycles. The van der Waals surface area contributed by atoms with Gasteiger partial charge >= 0.3 is 0 Å². The highest BCUT2D eigenvalue weighted by molar-refractivity contribution is 9.10. The van der Waals surface area contributed by atoms with Gasteiger partial charge in [0, 0.05) is 16.1 Å². The summed E-state index contributed by atoms with van der Waals surface area (Å²) < 4.78 is 16.1. The lowest BCUT2D eigenvalue weighted by atomic mass is 10.1. The SMILES string of the molecule is CC(C)n1ncc(Br)c1C(=O)c1cc(F)ccc1Br. The Morgan fingerprint density at radius 1 is 1.32 bits per heavy atom. The van der Waals surface area contributed by atoms with Crippen molar-refractivity contribution < 1.29 is 9.18 Å². The smallest absolute Gasteiger partial charge is 0.213 e. The van der Waals surface area contributed by atoms with Gasteiger partial charge in [0.15, 0.2) is 0 Å². The van der Waals surface area contributed by atoms with Gasteiger partial charge < -0.3 is 0 Å². The van der Waals surface area contributed by atoms with E-state index in [4.69, 9.17) is 0 Å². The fraction of sp³-hybridized carbons (Fsp3) is 0.231. The Morgan fingerprint density at radius 3 is 2.63 bits per heavy atom. The first-order valence-electron chi connectivity index (χ1n) is 5.64. The molecule has 0 spiro atoms. The van der Waals surface area contributed by atoms with Crippen LogP contribution in [0.25, 0.3) is 0 Å². The van der Waals surface area contributed by atoms with Crippen molar-refractivity contribution in [1.29, 1.82) is 0 Å². The second kappa shape index (κ2) is 5.54. The van der Waals surface area contributed by atoms with E-state index in [1.807, 2.05) is 13.8 Å². The first-order chi connectivity index (χ1) is 8.91. The van der Waals surface area contributed by atoms with Crippen molar-refractivity contribution in [3.8, 4) is 0 Å². The Kier molecular flexibility index (Phi) is 4.20. The van der Waals surface area contributed by atoms with Gasteiger partial charge in [-0.15, -0.1) is 0 Å². The van der Waals surface area contributed by atoms with E-state index in [-0.39, 0.29) is 17.4 Å². The molecule has 0 bridgehead atoms. The van der Waals surface area contributed by atoms with Gasteiger partial charge in [-0.25, -0.2) is 4.39 Å². The summed E-state index contributed by atoms with van der Waals surface area (Å²) in [6.07, 6.45) is 1.57. The van der Waals surface area contributed by atoms with Gasteiger partial charge in [0.05, 0.1) is 10.7 Å². The van der Waals surface area contributed by atoms with Crippen LogP contribution in [0.5, 0.6) is 0 Å². The van der Waals surface area contributed by atoms with Crippen LogP contribution in [-0.4, -0.2) is 15.6 Å². The number of nitrogens with zero attached hydrogens (tertiary/aromatic N) is 2. The predicted molar refractivity (Wildman–Crippen MR) is 77.8 cm³/mol. The van der Waals surface area contributed by atoms with Crippen LogP contribution in [0, 0.1) is 5.82 Å². The number of aromatic nitrogens is 2. The average molecular weight is 390 g/mol. The minimum Gasteiger partial charge on any atom is -0.287 e. The van der Waals surface area contributed by atoms with Crippen molar-refractivity contribution in [3.05, 3.63) is 50.4 Å². The number of carbonyl (C=O) groups excluding carboxylic acids is 1. The second-order valence-electron chi connectivity index (χ2n) is 4.33. The summed E-state index contributed by atoms with van der Waals surface area (Å²) in [7, 11) is 0. The van der Waals surface area contributed by atoms with Gasteiger partial charge in [-0.3, -0.25) is 9.48 Å². The molecule has 100 valence electrons. The summed E-state index contributed by atoms with van der Waals surface area (Å²) >= 11 is 6.58. The van der Waals surface area contributed by atoms with Crippen LogP contribution in [0.4, 0.5) is 4.39 Å². The monoisotopic (exact) mass is 388 g/mol. The lowest BCUT2D eigenvalue weighted by Gasteiger charge is -2.11. The topological polar surface area (TPSA) is 34.9 Å². The summed E-state index contributed by atoms with van der Waals surface area (Å²) in [6.45, 7) is 3.85. The zero-order valence-electron chi connectivity index (χ0n) is 10.3. The molecular weight excluding hydrogens is 379 g/mol. The van der Waals surface area contributed by atoms with Crippen LogP contribution in [-0.2, 0) is 0 Å². The normalized spacial score (nSPS) is 11.1. The minimum absolute atomic E-state index is 0.0394. The number of benzene rings is 1. The summed E-state index contributed by atoms with van der Waals surface area (Å²) in [5.41, 5.74) is 0.699. The van der Waals surface area contributed by atoms with Crippen molar-refractivity contribution >= 4 is 37.6 Å².